The first kappa shape index (κ1) is 35.7. The molecule has 0 amide bonds. The molecule has 3 unspecified atom stereocenters. The molecule has 3 aromatic rings. The number of rotatable bonds is 11. The van der Waals surface area contributed by atoms with Crippen molar-refractivity contribution in [2.75, 3.05) is 25.5 Å². The van der Waals surface area contributed by atoms with E-state index in [1.165, 1.54) is 19.3 Å². The predicted molar refractivity (Wildman–Crippen MR) is 174 cm³/mol. The Kier molecular flexibility index (Phi) is 15.0. The Hall–Kier alpha value is -2.46. The van der Waals surface area contributed by atoms with Gasteiger partial charge in [0.25, 0.3) is 0 Å². The summed E-state index contributed by atoms with van der Waals surface area (Å²) < 4.78 is 6.21. The summed E-state index contributed by atoms with van der Waals surface area (Å²) in [6, 6.07) is 4.42. The van der Waals surface area contributed by atoms with E-state index in [1.54, 1.807) is 13.1 Å². The van der Waals surface area contributed by atoms with Crippen LogP contribution >= 0.6 is 9.24 Å². The van der Waals surface area contributed by atoms with Crippen molar-refractivity contribution in [2.45, 2.75) is 91.5 Å². The minimum atomic E-state index is -1.46. The van der Waals surface area contributed by atoms with Crippen LogP contribution in [0, 0.1) is 12.8 Å². The Labute approximate surface area is 252 Å². The molecule has 0 aliphatic heterocycles. The molecule has 3 heterocycles. The van der Waals surface area contributed by atoms with Crippen LogP contribution in [0.15, 0.2) is 34.1 Å². The third-order valence-electron chi connectivity index (χ3n) is 7.09. The van der Waals surface area contributed by atoms with Gasteiger partial charge < -0.3 is 36.1 Å². The highest BCUT2D eigenvalue weighted by molar-refractivity contribution is 7.22. The summed E-state index contributed by atoms with van der Waals surface area (Å²) in [6.07, 6.45) is 9.21. The average Bonchev–Trinajstić information content (AvgIpc) is 3.59. The third kappa shape index (κ3) is 11.3. The van der Waals surface area contributed by atoms with Crippen LogP contribution in [0.3, 0.4) is 0 Å². The van der Waals surface area contributed by atoms with Crippen molar-refractivity contribution in [2.24, 2.45) is 11.7 Å². The van der Waals surface area contributed by atoms with Gasteiger partial charge in [-0.3, -0.25) is 4.98 Å². The van der Waals surface area contributed by atoms with Crippen molar-refractivity contribution >= 4 is 26.0 Å². The number of fused-ring (bicyclic) bond motifs is 1. The van der Waals surface area contributed by atoms with Crippen molar-refractivity contribution in [3.63, 3.8) is 0 Å². The summed E-state index contributed by atoms with van der Waals surface area (Å²) in [5.41, 5.74) is 8.09. The predicted octanol–water partition coefficient (Wildman–Crippen LogP) is 4.66. The molecule has 42 heavy (non-hydrogen) atoms. The van der Waals surface area contributed by atoms with E-state index in [2.05, 4.69) is 62.6 Å². The number of hydrogen-bond donors (Lipinski definition) is 6. The Balaban J connectivity index is 0.000000686. The fourth-order valence-electron chi connectivity index (χ4n) is 4.58. The minimum absolute atomic E-state index is 0.240. The van der Waals surface area contributed by atoms with Crippen LogP contribution < -0.4 is 16.4 Å². The summed E-state index contributed by atoms with van der Waals surface area (Å²) in [5, 5.41) is 35.7. The van der Waals surface area contributed by atoms with Gasteiger partial charge in [0, 0.05) is 23.7 Å². The van der Waals surface area contributed by atoms with Gasteiger partial charge in [-0.2, -0.15) is 0 Å². The van der Waals surface area contributed by atoms with Gasteiger partial charge in [-0.25, -0.2) is 9.97 Å². The first-order valence-electron chi connectivity index (χ1n) is 14.8. The number of aliphatic hydroxyl groups is 3. The number of aryl methyl sites for hydroxylation is 2. The Morgan fingerprint density at radius 3 is 2.52 bits per heavy atom. The molecule has 7 N–H and O–H groups in total. The zero-order valence-corrected chi connectivity index (χ0v) is 27.2. The standard InChI is InChI=1S/C26H36N5O2P.C4H10O2.CH5N/c1-4-20-11-19-12-22(33-23(19)13-28-20)25-17(3)29-24(14-27-9-5-6-16(2)34)31-26(25)30-21-8-7-18(10-21)15-32;1-3-4(2,5)6;1-2/h6,11-13,18,21,27,32H,4-5,7-10,14-15,34H2,1-3H3,(H,29,30,31);5-6H,3H2,1-2H3;2H2,1H3/b16-6-;;. The van der Waals surface area contributed by atoms with Gasteiger partial charge in [0.05, 0.1) is 24.0 Å². The molecular weight excluding hydrogens is 551 g/mol. The van der Waals surface area contributed by atoms with Gasteiger partial charge in [0.2, 0.25) is 0 Å². The third-order valence-corrected chi connectivity index (χ3v) is 7.32. The molecule has 0 spiro atoms. The van der Waals surface area contributed by atoms with E-state index >= 15 is 0 Å². The molecule has 1 saturated carbocycles. The highest BCUT2D eigenvalue weighted by Crippen LogP contribution is 2.36. The van der Waals surface area contributed by atoms with Crippen molar-refractivity contribution in [1.82, 2.24) is 20.3 Å². The molecule has 4 rings (SSSR count). The number of furan rings is 1. The monoisotopic (exact) mass is 602 g/mol. The Morgan fingerprint density at radius 1 is 1.21 bits per heavy atom. The fourth-order valence-corrected chi connectivity index (χ4v) is 4.75. The zero-order chi connectivity index (χ0) is 31.3. The van der Waals surface area contributed by atoms with Gasteiger partial charge in [-0.15, -0.1) is 9.24 Å². The smallest absolute Gasteiger partial charge is 0.159 e. The molecule has 0 aromatic carbocycles. The van der Waals surface area contributed by atoms with Crippen LogP contribution in [-0.2, 0) is 13.0 Å². The van der Waals surface area contributed by atoms with Crippen molar-refractivity contribution in [3.8, 4) is 11.3 Å². The zero-order valence-electron chi connectivity index (χ0n) is 26.1. The molecule has 11 heteroatoms. The van der Waals surface area contributed by atoms with Crippen LogP contribution in [0.5, 0.6) is 0 Å². The van der Waals surface area contributed by atoms with Crippen LogP contribution in [-0.4, -0.2) is 62.3 Å². The summed E-state index contributed by atoms with van der Waals surface area (Å²) in [6.45, 7) is 11.0. The Morgan fingerprint density at radius 2 is 1.93 bits per heavy atom. The first-order chi connectivity index (χ1) is 20.0. The van der Waals surface area contributed by atoms with E-state index in [-0.39, 0.29) is 12.6 Å². The van der Waals surface area contributed by atoms with Gasteiger partial charge >= 0.3 is 0 Å². The highest BCUT2D eigenvalue weighted by Gasteiger charge is 2.26. The lowest BCUT2D eigenvalue weighted by Gasteiger charge is -2.18. The summed E-state index contributed by atoms with van der Waals surface area (Å²) in [7, 11) is 4.21. The summed E-state index contributed by atoms with van der Waals surface area (Å²) in [4.78, 5) is 14.2. The SMILES string of the molecule is CCC(C)(O)O.CCc1cc2cc(-c3c(C)nc(CNCC/C=C(/C)P)nc3NC3CCC(CO)C3)oc2cn1.CN. The second-order valence-electron chi connectivity index (χ2n) is 10.8. The second-order valence-corrected chi connectivity index (χ2v) is 11.7. The molecule has 3 aromatic heterocycles. The second kappa shape index (κ2) is 17.6. The molecule has 10 nitrogen and oxygen atoms in total. The van der Waals surface area contributed by atoms with Gasteiger partial charge in [0.1, 0.15) is 17.4 Å². The summed E-state index contributed by atoms with van der Waals surface area (Å²) in [5.74, 6) is 1.21. The molecule has 0 saturated heterocycles. The lowest BCUT2D eigenvalue weighted by molar-refractivity contribution is -0.145. The largest absolute Gasteiger partial charge is 0.454 e. The molecule has 1 aliphatic carbocycles. The van der Waals surface area contributed by atoms with Crippen LogP contribution in [0.1, 0.15) is 77.0 Å². The maximum Gasteiger partial charge on any atom is 0.159 e. The number of pyridine rings is 1. The number of nitrogens with zero attached hydrogens (tertiary/aromatic N) is 3. The van der Waals surface area contributed by atoms with E-state index in [1.807, 2.05) is 6.92 Å². The van der Waals surface area contributed by atoms with E-state index in [9.17, 15) is 5.11 Å². The van der Waals surface area contributed by atoms with E-state index in [4.69, 9.17) is 24.6 Å². The molecule has 1 aliphatic rings. The number of aromatic nitrogens is 3. The van der Waals surface area contributed by atoms with Crippen LogP contribution in [0.2, 0.25) is 0 Å². The van der Waals surface area contributed by atoms with Gasteiger partial charge in [0.15, 0.2) is 11.4 Å². The molecule has 3 atom stereocenters. The number of hydrogen-bond acceptors (Lipinski definition) is 10. The van der Waals surface area contributed by atoms with E-state index in [0.29, 0.717) is 18.9 Å². The number of allylic oxidation sites excluding steroid dienone is 1. The Bertz CT molecular complexity index is 1270. The average molecular weight is 603 g/mol. The van der Waals surface area contributed by atoms with Gasteiger partial charge in [-0.1, -0.05) is 25.2 Å². The maximum atomic E-state index is 9.58. The minimum Gasteiger partial charge on any atom is -0.454 e. The lowest BCUT2D eigenvalue weighted by Crippen LogP contribution is -2.21. The van der Waals surface area contributed by atoms with E-state index in [0.717, 1.165) is 84.0 Å². The number of nitrogens with two attached hydrogens (primary N) is 1. The normalized spacial score (nSPS) is 17.0. The number of nitrogens with one attached hydrogen (secondary N) is 2. The van der Waals surface area contributed by atoms with Crippen LogP contribution in [0.4, 0.5) is 5.82 Å². The molecule has 0 bridgehead atoms. The highest BCUT2D eigenvalue weighted by atomic mass is 31.0. The van der Waals surface area contributed by atoms with Gasteiger partial charge in [-0.05, 0) is 90.9 Å². The molecule has 1 fully saturated rings. The van der Waals surface area contributed by atoms with Crippen molar-refractivity contribution < 1.29 is 19.7 Å². The molecule has 0 radical (unpaired) electrons. The number of anilines is 1. The van der Waals surface area contributed by atoms with E-state index < -0.39 is 5.79 Å². The topological polar surface area (TPSA) is 163 Å². The molecule has 234 valence electrons. The summed E-state index contributed by atoms with van der Waals surface area (Å²) >= 11 is 0. The maximum absolute atomic E-state index is 9.58. The van der Waals surface area contributed by atoms with Crippen molar-refractivity contribution in [1.29, 1.82) is 0 Å². The lowest BCUT2D eigenvalue weighted by atomic mass is 10.1. The molecular formula is C31H51N6O4P. The first-order valence-corrected chi connectivity index (χ1v) is 15.4. The fraction of sp³-hybridized carbons (Fsp3) is 0.581. The van der Waals surface area contributed by atoms with Crippen molar-refractivity contribution in [3.05, 3.63) is 46.9 Å². The number of aliphatic hydroxyl groups excluding tert-OH is 1. The van der Waals surface area contributed by atoms with Crippen LogP contribution in [0.25, 0.3) is 22.3 Å². The quantitative estimate of drug-likeness (QED) is 0.103.